The van der Waals surface area contributed by atoms with Gasteiger partial charge in [-0.15, -0.1) is 0 Å². The van der Waals surface area contributed by atoms with E-state index < -0.39 is 24.5 Å². The van der Waals surface area contributed by atoms with Crippen LogP contribution in [0.2, 0.25) is 5.02 Å². The minimum Gasteiger partial charge on any atom is -0.495 e. The van der Waals surface area contributed by atoms with E-state index in [0.717, 1.165) is 12.8 Å². The van der Waals surface area contributed by atoms with Crippen LogP contribution in [0, 0.1) is 0 Å². The van der Waals surface area contributed by atoms with Gasteiger partial charge in [0, 0.05) is 40.9 Å². The van der Waals surface area contributed by atoms with Gasteiger partial charge in [0.25, 0.3) is 5.91 Å². The van der Waals surface area contributed by atoms with Crippen LogP contribution in [0.4, 0.5) is 18.9 Å². The minimum atomic E-state index is -4.72. The Morgan fingerprint density at radius 1 is 1.17 bits per heavy atom. The molecule has 5 N–H and O–H groups in total. The van der Waals surface area contributed by atoms with Crippen LogP contribution in [0.5, 0.6) is 17.2 Å². The quantitative estimate of drug-likeness (QED) is 0.137. The predicted octanol–water partition coefficient (Wildman–Crippen LogP) is 6.28. The SMILES string of the molecule is CC.COc1cc(-c2nc(C(CNC(=O)c3cc(C=NC4CC4)c(N)c(OC)c3)C(F)(F)F)cc3c2OCC3C)ccc1Cl.NC=O. The summed E-state index contributed by atoms with van der Waals surface area (Å²) in [5, 5.41) is 2.78. The van der Waals surface area contributed by atoms with E-state index in [2.05, 4.69) is 21.0 Å². The Bertz CT molecular complexity index is 1600. The summed E-state index contributed by atoms with van der Waals surface area (Å²) in [6.07, 6.45) is -0.953. The number of alkyl halides is 3. The van der Waals surface area contributed by atoms with Gasteiger partial charge in [0.15, 0.2) is 0 Å². The number of rotatable bonds is 9. The summed E-state index contributed by atoms with van der Waals surface area (Å²) in [7, 11) is 2.84. The lowest BCUT2D eigenvalue weighted by molar-refractivity contribution is -0.149. The number of ether oxygens (including phenoxy) is 3. The molecule has 3 aromatic rings. The Kier molecular flexibility index (Phi) is 12.9. The van der Waals surface area contributed by atoms with Gasteiger partial charge in [0.1, 0.15) is 28.9 Å². The number of nitrogens with one attached hydrogen (secondary N) is 1. The Morgan fingerprint density at radius 2 is 1.83 bits per heavy atom. The number of hydrogen-bond acceptors (Lipinski definition) is 8. The molecule has 1 aliphatic heterocycles. The highest BCUT2D eigenvalue weighted by Gasteiger charge is 2.43. The summed E-state index contributed by atoms with van der Waals surface area (Å²) in [4.78, 5) is 30.5. The molecule has 1 aliphatic carbocycles. The third-order valence-corrected chi connectivity index (χ3v) is 7.61. The molecular formula is C33H39ClF3N5O5. The number of anilines is 1. The third kappa shape index (κ3) is 9.06. The number of carbonyl (C=O) groups excluding carboxylic acids is 2. The Hall–Kier alpha value is -4.52. The Labute approximate surface area is 276 Å². The summed E-state index contributed by atoms with van der Waals surface area (Å²) in [5.74, 6) is -1.99. The first kappa shape index (κ1) is 36.9. The second kappa shape index (κ2) is 16.3. The molecule has 2 unspecified atom stereocenters. The van der Waals surface area contributed by atoms with E-state index in [-0.39, 0.29) is 46.8 Å². The largest absolute Gasteiger partial charge is 0.495 e. The van der Waals surface area contributed by atoms with Crippen molar-refractivity contribution in [3.63, 3.8) is 0 Å². The number of carbonyl (C=O) groups is 2. The molecule has 5 rings (SSSR count). The van der Waals surface area contributed by atoms with Crippen molar-refractivity contribution in [2.24, 2.45) is 10.7 Å². The number of fused-ring (bicyclic) bond motifs is 1. The number of halogens is 4. The number of benzene rings is 2. The van der Waals surface area contributed by atoms with Crippen LogP contribution in [0.25, 0.3) is 11.3 Å². The van der Waals surface area contributed by atoms with Crippen molar-refractivity contribution in [2.45, 2.75) is 57.7 Å². The summed E-state index contributed by atoms with van der Waals surface area (Å²) >= 11 is 6.17. The summed E-state index contributed by atoms with van der Waals surface area (Å²) in [6.45, 7) is 5.42. The maximum atomic E-state index is 14.5. The number of aromatic nitrogens is 1. The van der Waals surface area contributed by atoms with E-state index in [4.69, 9.17) is 36.3 Å². The Balaban J connectivity index is 0.00000114. The summed E-state index contributed by atoms with van der Waals surface area (Å²) in [6, 6.07) is 9.33. The topological polar surface area (TPSA) is 151 Å². The Morgan fingerprint density at radius 3 is 2.43 bits per heavy atom. The van der Waals surface area contributed by atoms with Gasteiger partial charge in [0.05, 0.1) is 43.3 Å². The van der Waals surface area contributed by atoms with Gasteiger partial charge in [-0.1, -0.05) is 38.4 Å². The highest BCUT2D eigenvalue weighted by Crippen LogP contribution is 2.45. The third-order valence-electron chi connectivity index (χ3n) is 7.30. The average Bonchev–Trinajstić information content (AvgIpc) is 3.81. The first-order chi connectivity index (χ1) is 22.4. The number of primary amides is 1. The van der Waals surface area contributed by atoms with E-state index in [0.29, 0.717) is 39.8 Å². The fourth-order valence-electron chi connectivity index (χ4n) is 4.72. The molecule has 0 radical (unpaired) electrons. The number of hydrogen-bond donors (Lipinski definition) is 3. The van der Waals surface area contributed by atoms with Crippen molar-refractivity contribution in [3.8, 4) is 28.5 Å². The number of aliphatic imine (C=N–C) groups is 1. The minimum absolute atomic E-state index is 0.0945. The summed E-state index contributed by atoms with van der Waals surface area (Å²) < 4.78 is 60.0. The van der Waals surface area contributed by atoms with Gasteiger partial charge >= 0.3 is 6.18 Å². The molecule has 1 fully saturated rings. The highest BCUT2D eigenvalue weighted by atomic mass is 35.5. The predicted molar refractivity (Wildman–Crippen MR) is 176 cm³/mol. The van der Waals surface area contributed by atoms with Crippen LogP contribution in [0.3, 0.4) is 0 Å². The molecule has 0 spiro atoms. The number of amides is 2. The smallest absolute Gasteiger partial charge is 0.398 e. The zero-order chi connectivity index (χ0) is 34.9. The lowest BCUT2D eigenvalue weighted by atomic mass is 9.95. The van der Waals surface area contributed by atoms with Crippen LogP contribution in [0.15, 0.2) is 41.4 Å². The average molecular weight is 678 g/mol. The first-order valence-electron chi connectivity index (χ1n) is 14.9. The van der Waals surface area contributed by atoms with E-state index in [9.17, 15) is 18.0 Å². The van der Waals surface area contributed by atoms with Crippen molar-refractivity contribution in [3.05, 3.63) is 63.8 Å². The molecule has 10 nitrogen and oxygen atoms in total. The highest BCUT2D eigenvalue weighted by molar-refractivity contribution is 6.32. The molecule has 2 atom stereocenters. The molecule has 2 aromatic carbocycles. The lowest BCUT2D eigenvalue weighted by Crippen LogP contribution is -2.35. The molecular weight excluding hydrogens is 639 g/mol. The fraction of sp³-hybridized carbons (Fsp3) is 0.394. The van der Waals surface area contributed by atoms with Crippen molar-refractivity contribution in [2.75, 3.05) is 33.1 Å². The van der Waals surface area contributed by atoms with E-state index in [1.165, 1.54) is 32.4 Å². The number of methoxy groups -OCH3 is 2. The number of nitrogens with two attached hydrogens (primary N) is 2. The number of nitrogens with zero attached hydrogens (tertiary/aromatic N) is 2. The first-order valence-corrected chi connectivity index (χ1v) is 15.3. The van der Waals surface area contributed by atoms with Gasteiger partial charge in [-0.2, -0.15) is 13.2 Å². The second-order valence-electron chi connectivity index (χ2n) is 10.5. The molecule has 2 amide bonds. The van der Waals surface area contributed by atoms with Crippen LogP contribution >= 0.6 is 11.6 Å². The van der Waals surface area contributed by atoms with Gasteiger partial charge in [0.2, 0.25) is 6.41 Å². The molecule has 2 heterocycles. The van der Waals surface area contributed by atoms with Crippen molar-refractivity contribution >= 4 is 35.8 Å². The van der Waals surface area contributed by atoms with Crippen LogP contribution < -0.4 is 31.0 Å². The van der Waals surface area contributed by atoms with Crippen LogP contribution in [-0.2, 0) is 4.79 Å². The fourth-order valence-corrected chi connectivity index (χ4v) is 4.91. The van der Waals surface area contributed by atoms with Gasteiger partial charge in [-0.3, -0.25) is 14.6 Å². The molecule has 0 saturated heterocycles. The molecule has 47 heavy (non-hydrogen) atoms. The van der Waals surface area contributed by atoms with E-state index in [1.54, 1.807) is 24.4 Å². The van der Waals surface area contributed by atoms with Crippen molar-refractivity contribution in [1.29, 1.82) is 0 Å². The second-order valence-corrected chi connectivity index (χ2v) is 10.9. The molecule has 1 saturated carbocycles. The van der Waals surface area contributed by atoms with Crippen molar-refractivity contribution in [1.82, 2.24) is 10.3 Å². The zero-order valence-electron chi connectivity index (χ0n) is 26.8. The molecule has 14 heteroatoms. The number of nitrogen functional groups attached to an aromatic ring is 1. The van der Waals surface area contributed by atoms with E-state index in [1.807, 2.05) is 20.8 Å². The normalized spacial score (nSPS) is 15.6. The maximum absolute atomic E-state index is 14.5. The van der Waals surface area contributed by atoms with Gasteiger partial charge in [-0.05, 0) is 43.2 Å². The number of pyridine rings is 1. The van der Waals surface area contributed by atoms with Crippen LogP contribution in [0.1, 0.15) is 72.6 Å². The van der Waals surface area contributed by atoms with Crippen molar-refractivity contribution < 1.29 is 37.0 Å². The molecule has 1 aromatic heterocycles. The maximum Gasteiger partial charge on any atom is 0.398 e. The van der Waals surface area contributed by atoms with Crippen LogP contribution in [-0.4, -0.2) is 63.1 Å². The monoisotopic (exact) mass is 677 g/mol. The summed E-state index contributed by atoms with van der Waals surface area (Å²) in [5.41, 5.74) is 12.2. The van der Waals surface area contributed by atoms with Gasteiger partial charge < -0.3 is 31.0 Å². The van der Waals surface area contributed by atoms with Gasteiger partial charge in [-0.25, -0.2) is 4.98 Å². The standard InChI is InChI=1S/C30H30ClF3N4O4.C2H6.CH3NO/c1-15-14-42-28-20(15)11-23(38-27(28)16-4-7-22(31)24(9-16)40-2)21(30(32,33)34)13-37-29(39)17-8-18(12-36-19-5-6-19)26(35)25(10-17)41-3;1-2;2-1-3/h4,7-12,15,19,21H,5-6,13-14,35H2,1-3H3,(H,37,39);1-2H3;1H,(H2,2,3). The molecule has 254 valence electrons. The lowest BCUT2D eigenvalue weighted by Gasteiger charge is -2.22. The molecule has 0 bridgehead atoms. The zero-order valence-corrected chi connectivity index (χ0v) is 27.5. The van der Waals surface area contributed by atoms with E-state index >= 15 is 0 Å². The molecule has 2 aliphatic rings.